The normalized spacial score (nSPS) is 10.1. The smallest absolute Gasteiger partial charge is 0.277 e. The summed E-state index contributed by atoms with van der Waals surface area (Å²) in [5.74, 6) is -0.723. The van der Waals surface area contributed by atoms with E-state index in [9.17, 15) is 29.8 Å². The van der Waals surface area contributed by atoms with Crippen LogP contribution in [0.25, 0.3) is 0 Å². The van der Waals surface area contributed by atoms with Crippen LogP contribution in [0.1, 0.15) is 10.4 Å². The van der Waals surface area contributed by atoms with Gasteiger partial charge >= 0.3 is 0 Å². The van der Waals surface area contributed by atoms with Gasteiger partial charge in [-0.2, -0.15) is 0 Å². The highest BCUT2D eigenvalue weighted by Gasteiger charge is 2.20. The van der Waals surface area contributed by atoms with Gasteiger partial charge in [0.05, 0.1) is 21.5 Å². The summed E-state index contributed by atoms with van der Waals surface area (Å²) in [4.78, 5) is 44.9. The number of hydrogen-bond acceptors (Lipinski definition) is 8. The average molecular weight is 495 g/mol. The number of non-ortho nitro benzene ring substituents is 2. The third-order valence-corrected chi connectivity index (χ3v) is 4.53. The summed E-state index contributed by atoms with van der Waals surface area (Å²) in [6.45, 7) is -0.203. The molecule has 3 aromatic carbocycles. The molecule has 0 saturated heterocycles. The number of anilines is 2. The van der Waals surface area contributed by atoms with Gasteiger partial charge in [-0.3, -0.25) is 35.1 Å². The fourth-order valence-electron chi connectivity index (χ4n) is 2.81. The summed E-state index contributed by atoms with van der Waals surface area (Å²) in [6, 6.07) is 17.8. The van der Waals surface area contributed by atoms with E-state index in [0.717, 1.165) is 18.2 Å². The molecule has 3 N–H and O–H groups in total. The van der Waals surface area contributed by atoms with Crippen molar-refractivity contribution in [2.75, 3.05) is 17.2 Å². The van der Waals surface area contributed by atoms with Gasteiger partial charge in [-0.15, -0.1) is 0 Å². The van der Waals surface area contributed by atoms with E-state index in [1.54, 1.807) is 48.5 Å². The van der Waals surface area contributed by atoms with Crippen LogP contribution in [0.15, 0.2) is 72.8 Å². The molecule has 0 aliphatic rings. The van der Waals surface area contributed by atoms with E-state index in [0.29, 0.717) is 17.1 Å². The van der Waals surface area contributed by atoms with Crippen molar-refractivity contribution in [2.24, 2.45) is 0 Å². The van der Waals surface area contributed by atoms with Crippen LogP contribution in [0.2, 0.25) is 0 Å². The molecular weight excluding hydrogens is 478 g/mol. The Balaban J connectivity index is 1.60. The summed E-state index contributed by atoms with van der Waals surface area (Å²) in [6.07, 6.45) is 0. The summed E-state index contributed by atoms with van der Waals surface area (Å²) in [5.41, 5.74) is -0.678. The largest absolute Gasteiger partial charge is 0.484 e. The number of nitro groups is 2. The van der Waals surface area contributed by atoms with Crippen LogP contribution in [-0.4, -0.2) is 33.4 Å². The predicted octanol–water partition coefficient (Wildman–Crippen LogP) is 3.65. The molecule has 178 valence electrons. The first-order chi connectivity index (χ1) is 16.7. The fourth-order valence-corrected chi connectivity index (χ4v) is 3.02. The molecule has 0 bridgehead atoms. The maximum absolute atomic E-state index is 12.4. The van der Waals surface area contributed by atoms with Gasteiger partial charge in [0.2, 0.25) is 0 Å². The van der Waals surface area contributed by atoms with Crippen LogP contribution in [0, 0.1) is 20.2 Å². The Kier molecular flexibility index (Phi) is 7.98. The number of thiocarbonyl (C=S) groups is 1. The van der Waals surface area contributed by atoms with E-state index in [2.05, 4.69) is 16.0 Å². The molecular formula is C22H17N5O7S. The van der Waals surface area contributed by atoms with Gasteiger partial charge in [-0.1, -0.05) is 24.3 Å². The molecule has 0 aliphatic heterocycles. The van der Waals surface area contributed by atoms with Gasteiger partial charge in [0, 0.05) is 23.5 Å². The maximum Gasteiger partial charge on any atom is 0.277 e. The van der Waals surface area contributed by atoms with E-state index in [-0.39, 0.29) is 17.3 Å². The number of nitrogens with zero attached hydrogens (tertiary/aromatic N) is 2. The third kappa shape index (κ3) is 7.30. The summed E-state index contributed by atoms with van der Waals surface area (Å²) >= 11 is 5.09. The first-order valence-corrected chi connectivity index (χ1v) is 10.3. The SMILES string of the molecule is O=C(COc1ccccc1)Nc1cccc(NC(=S)NC(=O)c2cc([N+](=O)[O-])cc([N+](=O)[O-])c2)c1. The standard InChI is InChI=1S/C22H17N5O7S/c28-20(13-34-19-7-2-1-3-8-19)23-15-5-4-6-16(11-15)24-22(35)25-21(29)14-9-17(26(30)31)12-18(10-14)27(32)33/h1-12H,13H2,(H,23,28)(H2,24,25,29,35). The quantitative estimate of drug-likeness (QED) is 0.240. The van der Waals surface area contributed by atoms with E-state index < -0.39 is 33.0 Å². The number of amides is 2. The molecule has 0 heterocycles. The molecule has 0 aliphatic carbocycles. The Morgan fingerprint density at radius 1 is 0.829 bits per heavy atom. The van der Waals surface area contributed by atoms with Crippen LogP contribution in [-0.2, 0) is 4.79 Å². The van der Waals surface area contributed by atoms with E-state index in [4.69, 9.17) is 17.0 Å². The first kappa shape index (κ1) is 24.7. The summed E-state index contributed by atoms with van der Waals surface area (Å²) in [5, 5.41) is 29.6. The molecule has 3 aromatic rings. The first-order valence-electron chi connectivity index (χ1n) is 9.85. The van der Waals surface area contributed by atoms with Crippen molar-refractivity contribution in [3.8, 4) is 5.75 Å². The number of nitrogens with one attached hydrogen (secondary N) is 3. The molecule has 0 saturated carbocycles. The van der Waals surface area contributed by atoms with Crippen molar-refractivity contribution in [2.45, 2.75) is 0 Å². The lowest BCUT2D eigenvalue weighted by molar-refractivity contribution is -0.394. The zero-order valence-electron chi connectivity index (χ0n) is 17.8. The van der Waals surface area contributed by atoms with Gasteiger partial charge in [0.25, 0.3) is 23.2 Å². The van der Waals surface area contributed by atoms with Crippen molar-refractivity contribution in [3.05, 3.63) is 98.6 Å². The lowest BCUT2D eigenvalue weighted by Crippen LogP contribution is -2.34. The fraction of sp³-hybridized carbons (Fsp3) is 0.0455. The van der Waals surface area contributed by atoms with Crippen molar-refractivity contribution >= 4 is 51.9 Å². The lowest BCUT2D eigenvalue weighted by atomic mass is 10.1. The molecule has 35 heavy (non-hydrogen) atoms. The van der Waals surface area contributed by atoms with Gasteiger partial charge in [0.1, 0.15) is 5.75 Å². The zero-order valence-corrected chi connectivity index (χ0v) is 18.6. The number of para-hydroxylation sites is 1. The number of benzene rings is 3. The predicted molar refractivity (Wildman–Crippen MR) is 130 cm³/mol. The molecule has 0 unspecified atom stereocenters. The lowest BCUT2D eigenvalue weighted by Gasteiger charge is -2.12. The number of rotatable bonds is 8. The number of hydrogen-bond donors (Lipinski definition) is 3. The minimum Gasteiger partial charge on any atom is -0.484 e. The van der Waals surface area contributed by atoms with Crippen molar-refractivity contribution in [1.29, 1.82) is 0 Å². The van der Waals surface area contributed by atoms with Crippen LogP contribution in [0.5, 0.6) is 5.75 Å². The average Bonchev–Trinajstić information content (AvgIpc) is 2.83. The topological polar surface area (TPSA) is 166 Å². The van der Waals surface area contributed by atoms with Gasteiger partial charge in [-0.25, -0.2) is 0 Å². The Hall–Kier alpha value is -4.91. The van der Waals surface area contributed by atoms with Crippen LogP contribution in [0.4, 0.5) is 22.7 Å². The molecule has 2 amide bonds. The second-order valence-electron chi connectivity index (χ2n) is 6.89. The summed E-state index contributed by atoms with van der Waals surface area (Å²) < 4.78 is 5.39. The molecule has 0 fully saturated rings. The highest BCUT2D eigenvalue weighted by Crippen LogP contribution is 2.23. The number of ether oxygens (including phenoxy) is 1. The van der Waals surface area contributed by atoms with E-state index in [1.165, 1.54) is 0 Å². The molecule has 12 nitrogen and oxygen atoms in total. The minimum atomic E-state index is -0.878. The third-order valence-electron chi connectivity index (χ3n) is 4.33. The molecule has 0 spiro atoms. The van der Waals surface area contributed by atoms with Crippen molar-refractivity contribution < 1.29 is 24.2 Å². The molecule has 0 atom stereocenters. The van der Waals surface area contributed by atoms with E-state index in [1.807, 2.05) is 6.07 Å². The maximum atomic E-state index is 12.4. The van der Waals surface area contributed by atoms with Crippen LogP contribution < -0.4 is 20.7 Å². The van der Waals surface area contributed by atoms with Crippen LogP contribution in [0.3, 0.4) is 0 Å². The van der Waals surface area contributed by atoms with Gasteiger partial charge < -0.3 is 15.4 Å². The Morgan fingerprint density at radius 3 is 2.03 bits per heavy atom. The van der Waals surface area contributed by atoms with Gasteiger partial charge in [0.15, 0.2) is 11.7 Å². The Labute approximate surface area is 203 Å². The molecule has 3 rings (SSSR count). The minimum absolute atomic E-state index is 0.167. The monoisotopic (exact) mass is 495 g/mol. The Bertz CT molecular complexity index is 1270. The highest BCUT2D eigenvalue weighted by atomic mass is 32.1. The molecule has 13 heteroatoms. The number of carbonyl (C=O) groups excluding carboxylic acids is 2. The van der Waals surface area contributed by atoms with Crippen molar-refractivity contribution in [3.63, 3.8) is 0 Å². The molecule has 0 radical (unpaired) electrons. The van der Waals surface area contributed by atoms with E-state index >= 15 is 0 Å². The number of nitro benzene ring substituents is 2. The van der Waals surface area contributed by atoms with Crippen molar-refractivity contribution in [1.82, 2.24) is 5.32 Å². The number of carbonyl (C=O) groups is 2. The second-order valence-corrected chi connectivity index (χ2v) is 7.30. The van der Waals surface area contributed by atoms with Crippen LogP contribution >= 0.6 is 12.2 Å². The summed E-state index contributed by atoms with van der Waals surface area (Å²) in [7, 11) is 0. The van der Waals surface area contributed by atoms with Gasteiger partial charge in [-0.05, 0) is 42.5 Å². The zero-order chi connectivity index (χ0) is 25.4. The second kappa shape index (κ2) is 11.3. The Morgan fingerprint density at radius 2 is 1.43 bits per heavy atom. The molecule has 0 aromatic heterocycles. The highest BCUT2D eigenvalue weighted by molar-refractivity contribution is 7.80.